The Kier molecular flexibility index (Phi) is 4.58. The molecule has 0 spiro atoms. The van der Waals surface area contributed by atoms with Crippen LogP contribution in [0.3, 0.4) is 0 Å². The lowest BCUT2D eigenvalue weighted by molar-refractivity contribution is 0.0715. The number of anilines is 1. The van der Waals surface area contributed by atoms with E-state index in [2.05, 4.69) is 4.90 Å². The van der Waals surface area contributed by atoms with Gasteiger partial charge in [0, 0.05) is 43.0 Å². The fourth-order valence-electron chi connectivity index (χ4n) is 3.21. The van der Waals surface area contributed by atoms with Crippen LogP contribution in [0.4, 0.5) is 10.1 Å². The van der Waals surface area contributed by atoms with Crippen LogP contribution in [0, 0.1) is 5.82 Å². The van der Waals surface area contributed by atoms with Crippen molar-refractivity contribution >= 4 is 34.2 Å². The Morgan fingerprint density at radius 2 is 1.70 bits per heavy atom. The zero-order valence-corrected chi connectivity index (χ0v) is 15.1. The Hall–Kier alpha value is -2.86. The van der Waals surface area contributed by atoms with E-state index in [1.165, 1.54) is 24.3 Å². The fraction of sp³-hybridized carbons (Fsp3) is 0.200. The van der Waals surface area contributed by atoms with Crippen LogP contribution in [0.5, 0.6) is 0 Å². The van der Waals surface area contributed by atoms with E-state index in [0.717, 1.165) is 5.69 Å². The molecule has 7 heteroatoms. The van der Waals surface area contributed by atoms with E-state index in [0.29, 0.717) is 42.2 Å². The number of hydrogen-bond donors (Lipinski definition) is 0. The third kappa shape index (κ3) is 3.53. The van der Waals surface area contributed by atoms with Gasteiger partial charge in [-0.1, -0.05) is 11.6 Å². The molecule has 0 N–H and O–H groups in total. The highest BCUT2D eigenvalue weighted by molar-refractivity contribution is 6.31. The van der Waals surface area contributed by atoms with Crippen LogP contribution in [-0.4, -0.2) is 37.0 Å². The highest BCUT2D eigenvalue weighted by Crippen LogP contribution is 2.20. The van der Waals surface area contributed by atoms with Gasteiger partial charge in [0.05, 0.1) is 5.39 Å². The lowest BCUT2D eigenvalue weighted by atomic mass is 10.2. The summed E-state index contributed by atoms with van der Waals surface area (Å²) in [6, 6.07) is 12.2. The maximum absolute atomic E-state index is 13.1. The molecule has 1 saturated heterocycles. The molecule has 2 aromatic carbocycles. The van der Waals surface area contributed by atoms with Gasteiger partial charge in [0.2, 0.25) is 0 Å². The highest BCUT2D eigenvalue weighted by Gasteiger charge is 2.24. The molecule has 1 aliphatic heterocycles. The molecule has 1 amide bonds. The summed E-state index contributed by atoms with van der Waals surface area (Å²) in [6.07, 6.45) is 0. The molecule has 0 bridgehead atoms. The Morgan fingerprint density at radius 1 is 1.00 bits per heavy atom. The molecular formula is C20H16ClFN2O3. The Bertz CT molecular complexity index is 1060. The SMILES string of the molecule is O=C(c1cc(=O)c2cc(Cl)ccc2o1)N1CCN(c2ccc(F)cc2)CC1. The monoisotopic (exact) mass is 386 g/mol. The van der Waals surface area contributed by atoms with E-state index in [4.69, 9.17) is 16.0 Å². The molecule has 0 atom stereocenters. The predicted molar refractivity (Wildman–Crippen MR) is 102 cm³/mol. The summed E-state index contributed by atoms with van der Waals surface area (Å²) in [5, 5.41) is 0.783. The van der Waals surface area contributed by atoms with E-state index >= 15 is 0 Å². The average molecular weight is 387 g/mol. The second-order valence-corrected chi connectivity index (χ2v) is 6.81. The van der Waals surface area contributed by atoms with Gasteiger partial charge in [0.1, 0.15) is 11.4 Å². The zero-order chi connectivity index (χ0) is 19.0. The van der Waals surface area contributed by atoms with Crippen molar-refractivity contribution in [3.63, 3.8) is 0 Å². The summed E-state index contributed by atoms with van der Waals surface area (Å²) in [6.45, 7) is 2.20. The maximum Gasteiger partial charge on any atom is 0.289 e. The molecule has 1 aliphatic rings. The topological polar surface area (TPSA) is 53.8 Å². The number of amides is 1. The molecule has 0 unspecified atom stereocenters. The van der Waals surface area contributed by atoms with Crippen molar-refractivity contribution in [3.05, 3.63) is 75.4 Å². The van der Waals surface area contributed by atoms with Crippen LogP contribution in [0.1, 0.15) is 10.6 Å². The van der Waals surface area contributed by atoms with Crippen LogP contribution in [0.2, 0.25) is 5.02 Å². The molecule has 1 fully saturated rings. The van der Waals surface area contributed by atoms with Crippen molar-refractivity contribution in [1.82, 2.24) is 4.90 Å². The third-order valence-corrected chi connectivity index (χ3v) is 4.89. The second-order valence-electron chi connectivity index (χ2n) is 6.37. The lowest BCUT2D eigenvalue weighted by Crippen LogP contribution is -2.48. The van der Waals surface area contributed by atoms with Gasteiger partial charge < -0.3 is 14.2 Å². The molecule has 0 aliphatic carbocycles. The minimum atomic E-state index is -0.317. The molecular weight excluding hydrogens is 371 g/mol. The summed E-state index contributed by atoms with van der Waals surface area (Å²) < 4.78 is 18.7. The quantitative estimate of drug-likeness (QED) is 0.676. The number of nitrogens with zero attached hydrogens (tertiary/aromatic N) is 2. The summed E-state index contributed by atoms with van der Waals surface area (Å²) >= 11 is 5.91. The third-order valence-electron chi connectivity index (χ3n) is 4.66. The first-order valence-corrected chi connectivity index (χ1v) is 8.92. The van der Waals surface area contributed by atoms with Gasteiger partial charge in [0.15, 0.2) is 11.2 Å². The van der Waals surface area contributed by atoms with Crippen LogP contribution < -0.4 is 10.3 Å². The zero-order valence-electron chi connectivity index (χ0n) is 14.3. The Labute approximate surface area is 159 Å². The fourth-order valence-corrected chi connectivity index (χ4v) is 3.38. The largest absolute Gasteiger partial charge is 0.451 e. The number of rotatable bonds is 2. The van der Waals surface area contributed by atoms with Crippen LogP contribution >= 0.6 is 11.6 Å². The molecule has 5 nitrogen and oxygen atoms in total. The molecule has 1 aromatic heterocycles. The van der Waals surface area contributed by atoms with Gasteiger partial charge in [-0.2, -0.15) is 0 Å². The average Bonchev–Trinajstić information content (AvgIpc) is 2.68. The first-order valence-electron chi connectivity index (χ1n) is 8.54. The van der Waals surface area contributed by atoms with Gasteiger partial charge in [-0.25, -0.2) is 4.39 Å². The standard InChI is InChI=1S/C20H16ClFN2O3/c21-13-1-6-18-16(11-13)17(25)12-19(27-18)20(26)24-9-7-23(8-10-24)15-4-2-14(22)3-5-15/h1-6,11-12H,7-10H2. The second kappa shape index (κ2) is 7.04. The Balaban J connectivity index is 1.51. The predicted octanol–water partition coefficient (Wildman–Crippen LogP) is 3.55. The minimum Gasteiger partial charge on any atom is -0.451 e. The van der Waals surface area contributed by atoms with Crippen molar-refractivity contribution in [2.75, 3.05) is 31.1 Å². The number of hydrogen-bond acceptors (Lipinski definition) is 4. The smallest absolute Gasteiger partial charge is 0.289 e. The van der Waals surface area contributed by atoms with Gasteiger partial charge in [-0.3, -0.25) is 9.59 Å². The van der Waals surface area contributed by atoms with Gasteiger partial charge in [-0.05, 0) is 42.5 Å². The first-order chi connectivity index (χ1) is 13.0. The molecule has 0 saturated carbocycles. The van der Waals surface area contributed by atoms with Crippen LogP contribution in [0.25, 0.3) is 11.0 Å². The van der Waals surface area contributed by atoms with E-state index < -0.39 is 0 Å². The van der Waals surface area contributed by atoms with Crippen molar-refractivity contribution < 1.29 is 13.6 Å². The summed E-state index contributed by atoms with van der Waals surface area (Å²) in [4.78, 5) is 28.8. The van der Waals surface area contributed by atoms with Crippen molar-refractivity contribution in [1.29, 1.82) is 0 Å². The first kappa shape index (κ1) is 17.5. The molecule has 0 radical (unpaired) electrons. The molecule has 4 rings (SSSR count). The lowest BCUT2D eigenvalue weighted by Gasteiger charge is -2.35. The summed E-state index contributed by atoms with van der Waals surface area (Å²) in [5.74, 6) is -0.576. The molecule has 3 aromatic rings. The minimum absolute atomic E-state index is 0.0186. The van der Waals surface area contributed by atoms with E-state index in [1.54, 1.807) is 29.2 Å². The van der Waals surface area contributed by atoms with Crippen LogP contribution in [0.15, 0.2) is 57.7 Å². The van der Waals surface area contributed by atoms with Gasteiger partial charge >= 0.3 is 0 Å². The van der Waals surface area contributed by atoms with Gasteiger partial charge in [-0.15, -0.1) is 0 Å². The number of fused-ring (bicyclic) bond motifs is 1. The van der Waals surface area contributed by atoms with E-state index in [-0.39, 0.29) is 22.9 Å². The van der Waals surface area contributed by atoms with Crippen molar-refractivity contribution in [2.24, 2.45) is 0 Å². The van der Waals surface area contributed by atoms with Gasteiger partial charge in [0.25, 0.3) is 5.91 Å². The van der Waals surface area contributed by atoms with E-state index in [1.807, 2.05) is 0 Å². The number of carbonyl (C=O) groups excluding carboxylic acids is 1. The van der Waals surface area contributed by atoms with E-state index in [9.17, 15) is 14.0 Å². The summed E-state index contributed by atoms with van der Waals surface area (Å²) in [7, 11) is 0. The number of halogens is 2. The van der Waals surface area contributed by atoms with Crippen molar-refractivity contribution in [3.8, 4) is 0 Å². The summed E-state index contributed by atoms with van der Waals surface area (Å²) in [5.41, 5.74) is 0.949. The molecule has 138 valence electrons. The van der Waals surface area contributed by atoms with Crippen LogP contribution in [-0.2, 0) is 0 Å². The molecule has 2 heterocycles. The Morgan fingerprint density at radius 3 is 2.41 bits per heavy atom. The highest BCUT2D eigenvalue weighted by atomic mass is 35.5. The molecule has 27 heavy (non-hydrogen) atoms. The number of benzene rings is 2. The van der Waals surface area contributed by atoms with Crippen molar-refractivity contribution in [2.45, 2.75) is 0 Å². The normalized spacial score (nSPS) is 14.6. The maximum atomic E-state index is 13.1. The number of carbonyl (C=O) groups is 1. The number of piperazine rings is 1.